The van der Waals surface area contributed by atoms with Gasteiger partial charge in [0.1, 0.15) is 11.9 Å². The molecule has 180 valence electrons. The number of fused-ring (bicyclic) bond motifs is 5. The monoisotopic (exact) mass is 442 g/mol. The van der Waals surface area contributed by atoms with Crippen LogP contribution in [0.1, 0.15) is 106 Å². The number of rotatable bonds is 6. The van der Waals surface area contributed by atoms with Crippen molar-refractivity contribution >= 4 is 11.8 Å². The Morgan fingerprint density at radius 3 is 2.41 bits per heavy atom. The fraction of sp³-hybridized carbons (Fsp3) is 0.862. The molecule has 3 heteroatoms. The van der Waals surface area contributed by atoms with Crippen molar-refractivity contribution in [1.82, 2.24) is 0 Å². The molecule has 0 spiro atoms. The minimum absolute atomic E-state index is 0.125. The van der Waals surface area contributed by atoms with Crippen LogP contribution in [-0.4, -0.2) is 17.9 Å². The van der Waals surface area contributed by atoms with E-state index >= 15 is 0 Å². The fourth-order valence-electron chi connectivity index (χ4n) is 8.65. The van der Waals surface area contributed by atoms with Gasteiger partial charge in [0.15, 0.2) is 0 Å². The number of allylic oxidation sites excluding steroid dienone is 2. The third-order valence-electron chi connectivity index (χ3n) is 10.6. The highest BCUT2D eigenvalue weighted by molar-refractivity contribution is 5.80. The lowest BCUT2D eigenvalue weighted by Gasteiger charge is -2.58. The largest absolute Gasteiger partial charge is 0.463 e. The number of esters is 1. The van der Waals surface area contributed by atoms with E-state index in [1.165, 1.54) is 32.1 Å². The number of Topliss-reactive ketones (excluding diaryl/α,β-unsaturated/α-hetero) is 1. The molecule has 4 rings (SSSR count). The second-order valence-corrected chi connectivity index (χ2v) is 12.6. The van der Waals surface area contributed by atoms with Crippen molar-refractivity contribution < 1.29 is 14.3 Å². The highest BCUT2D eigenvalue weighted by atomic mass is 16.5. The SMILES string of the molecule is CC(=O)O[C@H]1CC[C@@]2(C)[C@@H](CC=C3[C@@H]2CC[C@]2(C)[C@@H]([C@H](C)CCC(=O)C(C)C)CC[C@@H]32)C1. The Balaban J connectivity index is 1.48. The lowest BCUT2D eigenvalue weighted by molar-refractivity contribution is -0.152. The molecule has 0 aromatic carbocycles. The van der Waals surface area contributed by atoms with Crippen LogP contribution in [-0.2, 0) is 14.3 Å². The second-order valence-electron chi connectivity index (χ2n) is 12.6. The average molecular weight is 443 g/mol. The Morgan fingerprint density at radius 1 is 1.03 bits per heavy atom. The Labute approximate surface area is 196 Å². The second kappa shape index (κ2) is 8.91. The van der Waals surface area contributed by atoms with Crippen LogP contribution in [0.2, 0.25) is 0 Å². The van der Waals surface area contributed by atoms with Crippen molar-refractivity contribution in [3.05, 3.63) is 11.6 Å². The molecule has 0 heterocycles. The van der Waals surface area contributed by atoms with Gasteiger partial charge in [0.05, 0.1) is 0 Å². The molecule has 0 saturated heterocycles. The summed E-state index contributed by atoms with van der Waals surface area (Å²) in [6.45, 7) is 13.2. The van der Waals surface area contributed by atoms with E-state index in [1.54, 1.807) is 12.5 Å². The van der Waals surface area contributed by atoms with E-state index < -0.39 is 0 Å². The van der Waals surface area contributed by atoms with Gasteiger partial charge >= 0.3 is 5.97 Å². The summed E-state index contributed by atoms with van der Waals surface area (Å²) in [4.78, 5) is 23.7. The summed E-state index contributed by atoms with van der Waals surface area (Å²) < 4.78 is 5.62. The molecule has 0 bridgehead atoms. The molecule has 0 aromatic rings. The van der Waals surface area contributed by atoms with E-state index in [0.29, 0.717) is 34.4 Å². The Morgan fingerprint density at radius 2 is 1.72 bits per heavy atom. The number of carbonyl (C=O) groups is 2. The van der Waals surface area contributed by atoms with Crippen LogP contribution >= 0.6 is 0 Å². The first-order valence-electron chi connectivity index (χ1n) is 13.5. The number of hydrogen-bond acceptors (Lipinski definition) is 3. The summed E-state index contributed by atoms with van der Waals surface area (Å²) in [6.07, 6.45) is 14.3. The first-order valence-corrected chi connectivity index (χ1v) is 13.5. The molecule has 8 atom stereocenters. The summed E-state index contributed by atoms with van der Waals surface area (Å²) >= 11 is 0. The zero-order valence-corrected chi connectivity index (χ0v) is 21.4. The molecular weight excluding hydrogens is 396 g/mol. The van der Waals surface area contributed by atoms with Crippen LogP contribution < -0.4 is 0 Å². The third-order valence-corrected chi connectivity index (χ3v) is 10.6. The molecule has 0 aliphatic heterocycles. The van der Waals surface area contributed by atoms with Gasteiger partial charge in [-0.2, -0.15) is 0 Å². The molecule has 0 aromatic heterocycles. The van der Waals surface area contributed by atoms with Crippen molar-refractivity contribution in [3.8, 4) is 0 Å². The predicted octanol–water partition coefficient (Wildman–Crippen LogP) is 7.14. The van der Waals surface area contributed by atoms with E-state index in [9.17, 15) is 9.59 Å². The third kappa shape index (κ3) is 4.11. The average Bonchev–Trinajstić information content (AvgIpc) is 3.08. The topological polar surface area (TPSA) is 43.4 Å². The van der Waals surface area contributed by atoms with E-state index in [1.807, 2.05) is 13.8 Å². The lowest BCUT2D eigenvalue weighted by Crippen LogP contribution is -2.50. The van der Waals surface area contributed by atoms with Crippen LogP contribution in [0.5, 0.6) is 0 Å². The standard InChI is InChI=1S/C29H46O3/c1-18(2)27(31)12-7-19(3)24-10-11-25-23-9-8-21-17-22(32-20(4)30)13-15-28(21,5)26(23)14-16-29(24,25)6/h9,18-19,21-22,24-26H,7-8,10-17H2,1-6H3/t19-,21+,22+,24-,25+,26+,28+,29-/m1/s1. The minimum Gasteiger partial charge on any atom is -0.463 e. The quantitative estimate of drug-likeness (QED) is 0.324. The molecule has 0 unspecified atom stereocenters. The van der Waals surface area contributed by atoms with E-state index in [0.717, 1.165) is 43.9 Å². The van der Waals surface area contributed by atoms with Crippen LogP contribution in [0.3, 0.4) is 0 Å². The number of hydrogen-bond donors (Lipinski definition) is 0. The van der Waals surface area contributed by atoms with Gasteiger partial charge in [-0.1, -0.05) is 46.3 Å². The molecule has 4 aliphatic carbocycles. The molecule has 3 nitrogen and oxygen atoms in total. The summed E-state index contributed by atoms with van der Waals surface area (Å²) in [5, 5.41) is 0. The summed E-state index contributed by atoms with van der Waals surface area (Å²) in [5.41, 5.74) is 2.56. The molecule has 3 saturated carbocycles. The molecule has 0 radical (unpaired) electrons. The highest BCUT2D eigenvalue weighted by Gasteiger charge is 2.58. The molecule has 3 fully saturated rings. The van der Waals surface area contributed by atoms with Crippen molar-refractivity contribution in [2.45, 2.75) is 112 Å². The highest BCUT2D eigenvalue weighted by Crippen LogP contribution is 2.67. The number of ether oxygens (including phenoxy) is 1. The van der Waals surface area contributed by atoms with Gasteiger partial charge in [-0.3, -0.25) is 9.59 Å². The molecule has 32 heavy (non-hydrogen) atoms. The van der Waals surface area contributed by atoms with E-state index in [4.69, 9.17) is 4.74 Å². The molecule has 0 N–H and O–H groups in total. The summed E-state index contributed by atoms with van der Waals surface area (Å²) in [6, 6.07) is 0. The number of ketones is 1. The lowest BCUT2D eigenvalue weighted by atomic mass is 9.47. The van der Waals surface area contributed by atoms with Gasteiger partial charge in [-0.25, -0.2) is 0 Å². The van der Waals surface area contributed by atoms with Crippen molar-refractivity contribution in [2.24, 2.45) is 46.3 Å². The Hall–Kier alpha value is -1.12. The number of carbonyl (C=O) groups excluding carboxylic acids is 2. The summed E-state index contributed by atoms with van der Waals surface area (Å²) in [5.74, 6) is 3.96. The maximum atomic E-state index is 12.2. The van der Waals surface area contributed by atoms with Gasteiger partial charge in [0.2, 0.25) is 0 Å². The zero-order valence-electron chi connectivity index (χ0n) is 21.4. The van der Waals surface area contributed by atoms with Gasteiger partial charge in [-0.15, -0.1) is 0 Å². The predicted molar refractivity (Wildman–Crippen MR) is 129 cm³/mol. The van der Waals surface area contributed by atoms with Crippen molar-refractivity contribution in [2.75, 3.05) is 0 Å². The molecule has 4 aliphatic rings. The van der Waals surface area contributed by atoms with Crippen LogP contribution in [0.4, 0.5) is 0 Å². The molecular formula is C29H46O3. The van der Waals surface area contributed by atoms with Gasteiger partial charge < -0.3 is 4.74 Å². The molecule has 0 amide bonds. The van der Waals surface area contributed by atoms with Crippen molar-refractivity contribution in [1.29, 1.82) is 0 Å². The first kappa shape index (κ1) is 24.0. The summed E-state index contributed by atoms with van der Waals surface area (Å²) in [7, 11) is 0. The van der Waals surface area contributed by atoms with E-state index in [-0.39, 0.29) is 18.0 Å². The normalized spacial score (nSPS) is 41.8. The van der Waals surface area contributed by atoms with Crippen LogP contribution in [0.25, 0.3) is 0 Å². The Bertz CT molecular complexity index is 766. The Kier molecular flexibility index (Phi) is 6.69. The van der Waals surface area contributed by atoms with Gasteiger partial charge in [-0.05, 0) is 98.2 Å². The van der Waals surface area contributed by atoms with Crippen molar-refractivity contribution in [3.63, 3.8) is 0 Å². The maximum absolute atomic E-state index is 12.2. The first-order chi connectivity index (χ1) is 15.1. The maximum Gasteiger partial charge on any atom is 0.302 e. The fourth-order valence-corrected chi connectivity index (χ4v) is 8.65. The van der Waals surface area contributed by atoms with Crippen LogP contribution in [0, 0.1) is 46.3 Å². The minimum atomic E-state index is -0.125. The zero-order chi connectivity index (χ0) is 23.3. The van der Waals surface area contributed by atoms with Crippen LogP contribution in [0.15, 0.2) is 11.6 Å². The van der Waals surface area contributed by atoms with Gasteiger partial charge in [0.25, 0.3) is 0 Å². The van der Waals surface area contributed by atoms with Gasteiger partial charge in [0, 0.05) is 19.3 Å². The smallest absolute Gasteiger partial charge is 0.302 e. The van der Waals surface area contributed by atoms with E-state index in [2.05, 4.69) is 26.8 Å².